The second-order valence-electron chi connectivity index (χ2n) is 3.04. The van der Waals surface area contributed by atoms with E-state index in [1.807, 2.05) is 23.5 Å². The van der Waals surface area contributed by atoms with Gasteiger partial charge in [-0.25, -0.2) is 0 Å². The average Bonchev–Trinajstić information content (AvgIpc) is 2.55. The summed E-state index contributed by atoms with van der Waals surface area (Å²) in [7, 11) is 0.0666. The fourth-order valence-corrected chi connectivity index (χ4v) is 7.91. The molecule has 0 saturated heterocycles. The zero-order valence-corrected chi connectivity index (χ0v) is 9.03. The minimum Gasteiger partial charge on any atom is -0.111 e. The van der Waals surface area contributed by atoms with Gasteiger partial charge in [0.05, 0.1) is 13.6 Å². The van der Waals surface area contributed by atoms with Gasteiger partial charge in [0.25, 0.3) is 0 Å². The lowest BCUT2D eigenvalue weighted by atomic mass is 10.1. The summed E-state index contributed by atoms with van der Waals surface area (Å²) in [6.45, 7) is 0. The number of rotatable bonds is 0. The normalized spacial score (nSPS) is 46.5. The highest BCUT2D eigenvalue weighted by Crippen LogP contribution is 2.62. The van der Waals surface area contributed by atoms with Crippen molar-refractivity contribution in [3.63, 3.8) is 0 Å². The average molecular weight is 196 g/mol. The summed E-state index contributed by atoms with van der Waals surface area (Å²) in [4.78, 5) is 0. The van der Waals surface area contributed by atoms with Crippen LogP contribution in [0.3, 0.4) is 0 Å². The molecule has 3 heteroatoms. The molecule has 0 radical (unpaired) electrons. The number of hydrogen-bond acceptors (Lipinski definition) is 2. The van der Waals surface area contributed by atoms with Crippen molar-refractivity contribution in [1.82, 2.24) is 0 Å². The van der Waals surface area contributed by atoms with Crippen molar-refractivity contribution in [3.8, 4) is 0 Å². The second-order valence-corrected chi connectivity index (χ2v) is 7.36. The Labute approximate surface area is 77.0 Å². The fourth-order valence-electron chi connectivity index (χ4n) is 1.94. The molecule has 0 aromatic rings. The molecule has 0 N–H and O–H groups in total. The molecule has 0 aliphatic carbocycles. The molecule has 2 unspecified atom stereocenters. The first kappa shape index (κ1) is 6.63. The summed E-state index contributed by atoms with van der Waals surface area (Å²) in [5.41, 5.74) is 5.04. The first-order valence-electron chi connectivity index (χ1n) is 3.81. The smallest absolute Gasteiger partial charge is 0.0970 e. The number of allylic oxidation sites excluding steroid dienone is 2. The van der Waals surface area contributed by atoms with E-state index >= 15 is 0 Å². The van der Waals surface area contributed by atoms with Crippen LogP contribution < -0.4 is 0 Å². The summed E-state index contributed by atoms with van der Waals surface area (Å²) < 4.78 is 0.451. The monoisotopic (exact) mass is 196 g/mol. The summed E-state index contributed by atoms with van der Waals surface area (Å²) in [5.74, 6) is 0. The van der Waals surface area contributed by atoms with Crippen LogP contribution in [0.15, 0.2) is 34.2 Å². The van der Waals surface area contributed by atoms with Crippen molar-refractivity contribution >= 4 is 33.0 Å². The van der Waals surface area contributed by atoms with E-state index in [2.05, 4.69) is 28.7 Å². The van der Waals surface area contributed by atoms with Gasteiger partial charge in [-0.05, 0) is 21.9 Å². The van der Waals surface area contributed by atoms with Crippen molar-refractivity contribution in [1.29, 1.82) is 0 Å². The Morgan fingerprint density at radius 3 is 3.27 bits per heavy atom. The van der Waals surface area contributed by atoms with E-state index in [9.17, 15) is 0 Å². The quantitative estimate of drug-likeness (QED) is 0.544. The third kappa shape index (κ3) is 0.692. The van der Waals surface area contributed by atoms with Crippen LogP contribution >= 0.6 is 23.5 Å². The van der Waals surface area contributed by atoms with Crippen LogP contribution in [0.25, 0.3) is 0 Å². The van der Waals surface area contributed by atoms with Gasteiger partial charge >= 0.3 is 0 Å². The summed E-state index contributed by atoms with van der Waals surface area (Å²) in [6, 6.07) is 0. The van der Waals surface area contributed by atoms with Crippen LogP contribution in [-0.2, 0) is 0 Å². The van der Waals surface area contributed by atoms with E-state index in [4.69, 9.17) is 0 Å². The molecule has 0 saturated carbocycles. The van der Waals surface area contributed by atoms with E-state index in [1.165, 1.54) is 0 Å². The molecule has 3 aliphatic rings. The SMILES string of the molecule is C1=CC2=C[SiH2]C3C=CSC23S1. The molecule has 0 amide bonds. The van der Waals surface area contributed by atoms with Crippen molar-refractivity contribution in [2.75, 3.05) is 0 Å². The lowest BCUT2D eigenvalue weighted by molar-refractivity contribution is 1.01. The zero-order valence-electron chi connectivity index (χ0n) is 5.99. The van der Waals surface area contributed by atoms with Gasteiger partial charge in [-0.1, -0.05) is 17.9 Å². The van der Waals surface area contributed by atoms with Gasteiger partial charge in [0.15, 0.2) is 0 Å². The molecule has 3 rings (SSSR count). The van der Waals surface area contributed by atoms with Gasteiger partial charge in [0.2, 0.25) is 0 Å². The molecule has 0 aromatic heterocycles. The predicted octanol–water partition coefficient (Wildman–Crippen LogP) is 2.06. The molecule has 3 heterocycles. The minimum atomic E-state index is 0.0666. The summed E-state index contributed by atoms with van der Waals surface area (Å²) in [5, 5.41) is 4.55. The summed E-state index contributed by atoms with van der Waals surface area (Å²) >= 11 is 4.03. The van der Waals surface area contributed by atoms with E-state index < -0.39 is 0 Å². The molecule has 1 spiro atoms. The van der Waals surface area contributed by atoms with Crippen LogP contribution in [0.1, 0.15) is 0 Å². The number of thioether (sulfide) groups is 2. The molecule has 0 nitrogen and oxygen atoms in total. The third-order valence-electron chi connectivity index (χ3n) is 2.53. The molecular formula is C8H8S2Si. The molecular weight excluding hydrogens is 188 g/mol. The Balaban J connectivity index is 2.12. The first-order chi connectivity index (χ1) is 5.42. The van der Waals surface area contributed by atoms with Crippen molar-refractivity contribution in [3.05, 3.63) is 34.2 Å². The van der Waals surface area contributed by atoms with Gasteiger partial charge in [0, 0.05) is 0 Å². The first-order valence-corrected chi connectivity index (χ1v) is 7.20. The van der Waals surface area contributed by atoms with E-state index in [1.54, 1.807) is 5.57 Å². The van der Waals surface area contributed by atoms with Crippen LogP contribution in [0, 0.1) is 0 Å². The van der Waals surface area contributed by atoms with E-state index in [0.717, 1.165) is 5.54 Å². The van der Waals surface area contributed by atoms with Crippen molar-refractivity contribution in [2.24, 2.45) is 0 Å². The Bertz CT molecular complexity index is 288. The van der Waals surface area contributed by atoms with Gasteiger partial charge in [0.1, 0.15) is 0 Å². The Morgan fingerprint density at radius 2 is 2.27 bits per heavy atom. The third-order valence-corrected chi connectivity index (χ3v) is 8.11. The van der Waals surface area contributed by atoms with Gasteiger partial charge in [-0.2, -0.15) is 0 Å². The Morgan fingerprint density at radius 1 is 1.36 bits per heavy atom. The molecule has 2 atom stereocenters. The molecule has 0 fully saturated rings. The molecule has 0 bridgehead atoms. The van der Waals surface area contributed by atoms with Gasteiger partial charge in [-0.15, -0.1) is 23.5 Å². The standard InChI is InChI=1S/C8H8S2Si/c1-3-9-8-6(1)5-11-7(8)2-4-10-8/h1-5,7H,11H2. The van der Waals surface area contributed by atoms with E-state index in [-0.39, 0.29) is 9.52 Å². The fraction of sp³-hybridized carbons (Fsp3) is 0.250. The van der Waals surface area contributed by atoms with E-state index in [0.29, 0.717) is 4.08 Å². The predicted molar refractivity (Wildman–Crippen MR) is 56.6 cm³/mol. The van der Waals surface area contributed by atoms with Crippen LogP contribution in [0.4, 0.5) is 0 Å². The molecule has 3 aliphatic heterocycles. The molecule has 0 aromatic carbocycles. The van der Waals surface area contributed by atoms with Gasteiger partial charge < -0.3 is 0 Å². The summed E-state index contributed by atoms with van der Waals surface area (Å²) in [6.07, 6.45) is 4.72. The lowest BCUT2D eigenvalue weighted by Gasteiger charge is -2.24. The van der Waals surface area contributed by atoms with Crippen LogP contribution in [0.5, 0.6) is 0 Å². The topological polar surface area (TPSA) is 0 Å². The number of hydrogen-bond donors (Lipinski definition) is 0. The van der Waals surface area contributed by atoms with Crippen molar-refractivity contribution < 1.29 is 0 Å². The minimum absolute atomic E-state index is 0.0666. The van der Waals surface area contributed by atoms with Crippen molar-refractivity contribution in [2.45, 2.75) is 9.62 Å². The zero-order chi connectivity index (χ0) is 7.31. The van der Waals surface area contributed by atoms with Crippen LogP contribution in [0.2, 0.25) is 5.54 Å². The molecule has 56 valence electrons. The van der Waals surface area contributed by atoms with Gasteiger partial charge in [-0.3, -0.25) is 0 Å². The maximum Gasteiger partial charge on any atom is 0.0970 e. The maximum atomic E-state index is 2.53. The maximum absolute atomic E-state index is 2.53. The highest BCUT2D eigenvalue weighted by molar-refractivity contribution is 8.21. The highest BCUT2D eigenvalue weighted by atomic mass is 32.2. The lowest BCUT2D eigenvalue weighted by Crippen LogP contribution is -2.18. The van der Waals surface area contributed by atoms with Crippen LogP contribution in [-0.4, -0.2) is 13.6 Å². The molecule has 11 heavy (non-hydrogen) atoms. The Hall–Kier alpha value is 0.137. The second kappa shape index (κ2) is 2.09. The largest absolute Gasteiger partial charge is 0.111 e. The Kier molecular flexibility index (Phi) is 1.26. The highest BCUT2D eigenvalue weighted by Gasteiger charge is 2.48.